The lowest BCUT2D eigenvalue weighted by atomic mass is 10.1. The van der Waals surface area contributed by atoms with Gasteiger partial charge in [0.05, 0.1) is 6.04 Å². The molecule has 2 aromatic rings. The summed E-state index contributed by atoms with van der Waals surface area (Å²) in [4.78, 5) is 15.0. The number of benzene rings is 2. The molecule has 1 aliphatic heterocycles. The molecular weight excluding hydrogens is 376 g/mol. The molecule has 132 valence electrons. The van der Waals surface area contributed by atoms with Crippen LogP contribution >= 0.6 is 15.9 Å². The molecule has 0 radical (unpaired) electrons. The Hall–Kier alpha value is -1.65. The fourth-order valence-electron chi connectivity index (χ4n) is 3.32. The largest absolute Gasteiger partial charge is 0.345 e. The SMILES string of the molecule is CC(NC(=O)c1ccc(CN2CCCCC2)cc1)c1ccccc1Br. The summed E-state index contributed by atoms with van der Waals surface area (Å²) in [5, 5.41) is 3.07. The van der Waals surface area contributed by atoms with E-state index in [9.17, 15) is 4.79 Å². The van der Waals surface area contributed by atoms with Gasteiger partial charge >= 0.3 is 0 Å². The number of nitrogens with zero attached hydrogens (tertiary/aromatic N) is 1. The summed E-state index contributed by atoms with van der Waals surface area (Å²) in [7, 11) is 0. The topological polar surface area (TPSA) is 32.3 Å². The van der Waals surface area contributed by atoms with Crippen molar-refractivity contribution >= 4 is 21.8 Å². The number of hydrogen-bond acceptors (Lipinski definition) is 2. The number of carbonyl (C=O) groups is 1. The summed E-state index contributed by atoms with van der Waals surface area (Å²) in [6.45, 7) is 5.36. The molecule has 0 saturated carbocycles. The van der Waals surface area contributed by atoms with E-state index < -0.39 is 0 Å². The lowest BCUT2D eigenvalue weighted by Crippen LogP contribution is -2.29. The van der Waals surface area contributed by atoms with E-state index >= 15 is 0 Å². The summed E-state index contributed by atoms with van der Waals surface area (Å²) in [6, 6.07) is 15.9. The molecular formula is C21H25BrN2O. The maximum Gasteiger partial charge on any atom is 0.251 e. The van der Waals surface area contributed by atoms with E-state index in [1.165, 1.54) is 37.9 Å². The standard InChI is InChI=1S/C21H25BrN2O/c1-16(19-7-3-4-8-20(19)22)23-21(25)18-11-9-17(10-12-18)15-24-13-5-2-6-14-24/h3-4,7-12,16H,2,5-6,13-15H2,1H3,(H,23,25). The molecule has 25 heavy (non-hydrogen) atoms. The second kappa shape index (κ2) is 8.63. The Morgan fingerprint density at radius 1 is 1.08 bits per heavy atom. The molecule has 0 spiro atoms. The van der Waals surface area contributed by atoms with Gasteiger partial charge in [-0.15, -0.1) is 0 Å². The van der Waals surface area contributed by atoms with Crippen LogP contribution in [-0.2, 0) is 6.54 Å². The number of nitrogens with one attached hydrogen (secondary N) is 1. The zero-order valence-corrected chi connectivity index (χ0v) is 16.3. The van der Waals surface area contributed by atoms with Gasteiger partial charge in [0.2, 0.25) is 0 Å². The second-order valence-electron chi connectivity index (χ2n) is 6.75. The van der Waals surface area contributed by atoms with Crippen molar-refractivity contribution in [1.29, 1.82) is 0 Å². The fourth-order valence-corrected chi connectivity index (χ4v) is 3.95. The molecule has 1 atom stereocenters. The van der Waals surface area contributed by atoms with Crippen LogP contribution in [-0.4, -0.2) is 23.9 Å². The molecule has 1 saturated heterocycles. The van der Waals surface area contributed by atoms with Gasteiger partial charge in [0.15, 0.2) is 0 Å². The highest BCUT2D eigenvalue weighted by Crippen LogP contribution is 2.23. The molecule has 2 aromatic carbocycles. The smallest absolute Gasteiger partial charge is 0.251 e. The first kappa shape index (κ1) is 18.2. The average Bonchev–Trinajstić information content (AvgIpc) is 2.63. The van der Waals surface area contributed by atoms with E-state index in [2.05, 4.69) is 38.3 Å². The number of likely N-dealkylation sites (tertiary alicyclic amines) is 1. The number of amides is 1. The van der Waals surface area contributed by atoms with Gasteiger partial charge in [0.1, 0.15) is 0 Å². The van der Waals surface area contributed by atoms with Gasteiger partial charge in [-0.3, -0.25) is 9.69 Å². The minimum atomic E-state index is -0.0453. The first-order valence-corrected chi connectivity index (χ1v) is 9.79. The molecule has 0 aromatic heterocycles. The molecule has 3 rings (SSSR count). The molecule has 0 aliphatic carbocycles. The van der Waals surface area contributed by atoms with Gasteiger partial charge < -0.3 is 5.32 Å². The van der Waals surface area contributed by atoms with E-state index in [0.29, 0.717) is 5.56 Å². The molecule has 1 aliphatic rings. The zero-order chi connectivity index (χ0) is 17.6. The Balaban J connectivity index is 1.59. The van der Waals surface area contributed by atoms with Crippen LogP contribution in [0.25, 0.3) is 0 Å². The van der Waals surface area contributed by atoms with Crippen molar-refractivity contribution in [2.45, 2.75) is 38.8 Å². The molecule has 3 nitrogen and oxygen atoms in total. The van der Waals surface area contributed by atoms with E-state index in [-0.39, 0.29) is 11.9 Å². The second-order valence-corrected chi connectivity index (χ2v) is 7.60. The number of rotatable bonds is 5. The summed E-state index contributed by atoms with van der Waals surface area (Å²) in [5.41, 5.74) is 3.07. The summed E-state index contributed by atoms with van der Waals surface area (Å²) >= 11 is 3.54. The molecule has 1 fully saturated rings. The van der Waals surface area contributed by atoms with Gasteiger partial charge in [-0.2, -0.15) is 0 Å². The highest BCUT2D eigenvalue weighted by atomic mass is 79.9. The molecule has 1 heterocycles. The van der Waals surface area contributed by atoms with Crippen molar-refractivity contribution in [2.24, 2.45) is 0 Å². The van der Waals surface area contributed by atoms with Crippen LogP contribution in [0.1, 0.15) is 53.7 Å². The normalized spacial score (nSPS) is 16.4. The van der Waals surface area contributed by atoms with Crippen LogP contribution in [0, 0.1) is 0 Å². The number of halogens is 1. The van der Waals surface area contributed by atoms with Crippen LogP contribution in [0.2, 0.25) is 0 Å². The van der Waals surface area contributed by atoms with Crippen molar-refractivity contribution in [3.05, 3.63) is 69.7 Å². The Morgan fingerprint density at radius 2 is 1.76 bits per heavy atom. The predicted octanol–water partition coefficient (Wildman–Crippen LogP) is 4.93. The number of piperidine rings is 1. The molecule has 1 amide bonds. The quantitative estimate of drug-likeness (QED) is 0.771. The van der Waals surface area contributed by atoms with Crippen LogP contribution in [0.5, 0.6) is 0 Å². The Kier molecular flexibility index (Phi) is 6.27. The van der Waals surface area contributed by atoms with E-state index in [1.54, 1.807) is 0 Å². The van der Waals surface area contributed by atoms with Crippen molar-refractivity contribution in [1.82, 2.24) is 10.2 Å². The van der Waals surface area contributed by atoms with Crippen LogP contribution in [0.15, 0.2) is 53.0 Å². The van der Waals surface area contributed by atoms with Crippen LogP contribution in [0.3, 0.4) is 0 Å². The van der Waals surface area contributed by atoms with E-state index in [1.807, 2.05) is 43.3 Å². The Labute approximate surface area is 158 Å². The first-order chi connectivity index (χ1) is 12.1. The maximum atomic E-state index is 12.5. The minimum absolute atomic E-state index is 0.0345. The van der Waals surface area contributed by atoms with Crippen molar-refractivity contribution < 1.29 is 4.79 Å². The summed E-state index contributed by atoms with van der Waals surface area (Å²) < 4.78 is 1.01. The van der Waals surface area contributed by atoms with Crippen molar-refractivity contribution in [3.8, 4) is 0 Å². The van der Waals surface area contributed by atoms with Crippen molar-refractivity contribution in [2.75, 3.05) is 13.1 Å². The van der Waals surface area contributed by atoms with Gasteiger partial charge in [0.25, 0.3) is 5.91 Å². The van der Waals surface area contributed by atoms with Crippen LogP contribution in [0.4, 0.5) is 0 Å². The highest BCUT2D eigenvalue weighted by molar-refractivity contribution is 9.10. The van der Waals surface area contributed by atoms with Gasteiger partial charge in [-0.1, -0.05) is 52.7 Å². The lowest BCUT2D eigenvalue weighted by molar-refractivity contribution is 0.0939. The Morgan fingerprint density at radius 3 is 2.44 bits per heavy atom. The van der Waals surface area contributed by atoms with Gasteiger partial charge in [0, 0.05) is 16.6 Å². The fraction of sp³-hybridized carbons (Fsp3) is 0.381. The highest BCUT2D eigenvalue weighted by Gasteiger charge is 2.14. The van der Waals surface area contributed by atoms with Gasteiger partial charge in [-0.25, -0.2) is 0 Å². The lowest BCUT2D eigenvalue weighted by Gasteiger charge is -2.26. The van der Waals surface area contributed by atoms with E-state index in [4.69, 9.17) is 0 Å². The minimum Gasteiger partial charge on any atom is -0.345 e. The molecule has 4 heteroatoms. The maximum absolute atomic E-state index is 12.5. The third kappa shape index (κ3) is 4.93. The van der Waals surface area contributed by atoms with Crippen LogP contribution < -0.4 is 5.32 Å². The number of hydrogen-bond donors (Lipinski definition) is 1. The molecule has 0 bridgehead atoms. The third-order valence-corrected chi connectivity index (χ3v) is 5.51. The predicted molar refractivity (Wildman–Crippen MR) is 106 cm³/mol. The van der Waals surface area contributed by atoms with E-state index in [0.717, 1.165) is 16.6 Å². The third-order valence-electron chi connectivity index (χ3n) is 4.79. The first-order valence-electron chi connectivity index (χ1n) is 9.00. The Bertz CT molecular complexity index is 708. The summed E-state index contributed by atoms with van der Waals surface area (Å²) in [6.07, 6.45) is 3.95. The zero-order valence-electron chi connectivity index (χ0n) is 14.7. The average molecular weight is 401 g/mol. The monoisotopic (exact) mass is 400 g/mol. The number of carbonyl (C=O) groups excluding carboxylic acids is 1. The summed E-state index contributed by atoms with van der Waals surface area (Å²) in [5.74, 6) is -0.0345. The van der Waals surface area contributed by atoms with Gasteiger partial charge in [-0.05, 0) is 62.2 Å². The molecule has 1 N–H and O–H groups in total. The van der Waals surface area contributed by atoms with Crippen molar-refractivity contribution in [3.63, 3.8) is 0 Å². The molecule has 1 unspecified atom stereocenters.